The van der Waals surface area contributed by atoms with Gasteiger partial charge in [0, 0.05) is 18.0 Å². The summed E-state index contributed by atoms with van der Waals surface area (Å²) in [5.74, 6) is 1.64. The van der Waals surface area contributed by atoms with Crippen molar-refractivity contribution < 1.29 is 9.47 Å². The summed E-state index contributed by atoms with van der Waals surface area (Å²) >= 11 is 5.42. The predicted molar refractivity (Wildman–Crippen MR) is 99.8 cm³/mol. The second-order valence-corrected chi connectivity index (χ2v) is 8.05. The minimum atomic E-state index is 0.306. The maximum atomic E-state index is 5.50. The zero-order valence-corrected chi connectivity index (χ0v) is 15.9. The van der Waals surface area contributed by atoms with Crippen LogP contribution in [0, 0.1) is 0 Å². The van der Waals surface area contributed by atoms with Gasteiger partial charge in [-0.2, -0.15) is 0 Å². The Morgan fingerprint density at radius 1 is 1.25 bits per heavy atom. The number of nitrogens with zero attached hydrogens (tertiary/aromatic N) is 1. The molecule has 24 heavy (non-hydrogen) atoms. The SMILES string of the molecule is Brc1cc(CNC[C@@H](c2cccs2)N2CCCC2)cc2c1OCO2. The molecule has 1 fully saturated rings. The fourth-order valence-electron chi connectivity index (χ4n) is 3.42. The Bertz CT molecular complexity index is 687. The van der Waals surface area contributed by atoms with Gasteiger partial charge in [-0.3, -0.25) is 4.90 Å². The number of benzene rings is 1. The monoisotopic (exact) mass is 408 g/mol. The smallest absolute Gasteiger partial charge is 0.231 e. The van der Waals surface area contributed by atoms with E-state index in [-0.39, 0.29) is 0 Å². The predicted octanol–water partition coefficient (Wildman–Crippen LogP) is 4.17. The summed E-state index contributed by atoms with van der Waals surface area (Å²) in [5, 5.41) is 5.81. The van der Waals surface area contributed by atoms with E-state index in [1.165, 1.54) is 36.4 Å². The minimum absolute atomic E-state index is 0.306. The van der Waals surface area contributed by atoms with Gasteiger partial charge in [-0.1, -0.05) is 6.07 Å². The standard InChI is InChI=1S/C18H21BrN2O2S/c19-14-8-13(9-16-18(14)23-12-22-16)10-20-11-15(17-4-3-7-24-17)21-5-1-2-6-21/h3-4,7-9,15,20H,1-2,5-6,10-12H2/t15-/m0/s1. The third-order valence-corrected chi connectivity index (χ3v) is 6.17. The summed E-state index contributed by atoms with van der Waals surface area (Å²) in [5.41, 5.74) is 1.21. The van der Waals surface area contributed by atoms with Gasteiger partial charge in [0.1, 0.15) is 0 Å². The van der Waals surface area contributed by atoms with Crippen LogP contribution >= 0.6 is 27.3 Å². The fraction of sp³-hybridized carbons (Fsp3) is 0.444. The number of rotatable bonds is 6. The van der Waals surface area contributed by atoms with Gasteiger partial charge >= 0.3 is 0 Å². The van der Waals surface area contributed by atoms with Crippen LogP contribution < -0.4 is 14.8 Å². The number of nitrogens with one attached hydrogen (secondary N) is 1. The Morgan fingerprint density at radius 3 is 2.92 bits per heavy atom. The summed E-state index contributed by atoms with van der Waals surface area (Å²) in [6.07, 6.45) is 2.63. The van der Waals surface area contributed by atoms with Gasteiger partial charge in [-0.25, -0.2) is 0 Å². The molecule has 0 unspecified atom stereocenters. The van der Waals surface area contributed by atoms with Crippen LogP contribution in [0.15, 0.2) is 34.1 Å². The van der Waals surface area contributed by atoms with E-state index in [0.717, 1.165) is 29.1 Å². The molecule has 0 radical (unpaired) electrons. The van der Waals surface area contributed by atoms with E-state index in [1.807, 2.05) is 11.3 Å². The Labute approximate surface area is 154 Å². The van der Waals surface area contributed by atoms with Gasteiger partial charge < -0.3 is 14.8 Å². The van der Waals surface area contributed by atoms with Crippen molar-refractivity contribution in [3.63, 3.8) is 0 Å². The zero-order valence-electron chi connectivity index (χ0n) is 13.5. The van der Waals surface area contributed by atoms with Crippen LogP contribution in [0.25, 0.3) is 0 Å². The van der Waals surface area contributed by atoms with E-state index in [2.05, 4.69) is 55.8 Å². The van der Waals surface area contributed by atoms with E-state index < -0.39 is 0 Å². The van der Waals surface area contributed by atoms with Crippen molar-refractivity contribution in [1.82, 2.24) is 10.2 Å². The second-order valence-electron chi connectivity index (χ2n) is 6.22. The van der Waals surface area contributed by atoms with Gasteiger partial charge in [-0.05, 0) is 71.0 Å². The molecule has 2 aliphatic rings. The van der Waals surface area contributed by atoms with Crippen molar-refractivity contribution in [1.29, 1.82) is 0 Å². The minimum Gasteiger partial charge on any atom is -0.454 e. The van der Waals surface area contributed by atoms with Crippen LogP contribution in [-0.4, -0.2) is 31.3 Å². The Hall–Kier alpha value is -1.08. The van der Waals surface area contributed by atoms with E-state index in [1.54, 1.807) is 0 Å². The van der Waals surface area contributed by atoms with Gasteiger partial charge in [-0.15, -0.1) is 11.3 Å². The molecule has 2 aliphatic heterocycles. The molecule has 1 saturated heterocycles. The van der Waals surface area contributed by atoms with Crippen molar-refractivity contribution >= 4 is 27.3 Å². The molecular weight excluding hydrogens is 388 g/mol. The maximum Gasteiger partial charge on any atom is 0.231 e. The summed E-state index contributed by atoms with van der Waals surface area (Å²) < 4.78 is 11.9. The highest BCUT2D eigenvalue weighted by Crippen LogP contribution is 2.40. The van der Waals surface area contributed by atoms with E-state index in [0.29, 0.717) is 12.8 Å². The van der Waals surface area contributed by atoms with Crippen LogP contribution in [0.4, 0.5) is 0 Å². The lowest BCUT2D eigenvalue weighted by Crippen LogP contribution is -2.33. The number of hydrogen-bond donors (Lipinski definition) is 1. The topological polar surface area (TPSA) is 33.7 Å². The molecular formula is C18H21BrN2O2S. The Balaban J connectivity index is 1.41. The van der Waals surface area contributed by atoms with Crippen molar-refractivity contribution in [2.24, 2.45) is 0 Å². The van der Waals surface area contributed by atoms with E-state index >= 15 is 0 Å². The van der Waals surface area contributed by atoms with Crippen LogP contribution in [0.2, 0.25) is 0 Å². The first-order chi connectivity index (χ1) is 11.8. The molecule has 1 aromatic carbocycles. The summed E-state index contributed by atoms with van der Waals surface area (Å²) in [7, 11) is 0. The third kappa shape index (κ3) is 3.47. The molecule has 2 aromatic rings. The highest BCUT2D eigenvalue weighted by atomic mass is 79.9. The summed E-state index contributed by atoms with van der Waals surface area (Å²) in [4.78, 5) is 4.06. The average molecular weight is 409 g/mol. The fourth-order valence-corrected chi connectivity index (χ4v) is 4.88. The molecule has 0 saturated carbocycles. The first kappa shape index (κ1) is 16.4. The molecule has 4 nitrogen and oxygen atoms in total. The highest BCUT2D eigenvalue weighted by molar-refractivity contribution is 9.10. The largest absolute Gasteiger partial charge is 0.454 e. The van der Waals surface area contributed by atoms with Gasteiger partial charge in [0.25, 0.3) is 0 Å². The third-order valence-electron chi connectivity index (χ3n) is 4.61. The summed E-state index contributed by atoms with van der Waals surface area (Å²) in [6, 6.07) is 9.06. The van der Waals surface area contributed by atoms with E-state index in [9.17, 15) is 0 Å². The molecule has 4 rings (SSSR count). The first-order valence-electron chi connectivity index (χ1n) is 8.37. The van der Waals surface area contributed by atoms with Gasteiger partial charge in [0.2, 0.25) is 6.79 Å². The van der Waals surface area contributed by atoms with Crippen molar-refractivity contribution in [3.8, 4) is 11.5 Å². The molecule has 1 atom stereocenters. The number of likely N-dealkylation sites (tertiary alicyclic amines) is 1. The molecule has 6 heteroatoms. The highest BCUT2D eigenvalue weighted by Gasteiger charge is 2.24. The van der Waals surface area contributed by atoms with Crippen molar-refractivity contribution in [2.45, 2.75) is 25.4 Å². The number of fused-ring (bicyclic) bond motifs is 1. The van der Waals surface area contributed by atoms with Crippen molar-refractivity contribution in [2.75, 3.05) is 26.4 Å². The lowest BCUT2D eigenvalue weighted by molar-refractivity contribution is 0.173. The Morgan fingerprint density at radius 2 is 2.12 bits per heavy atom. The molecule has 1 aromatic heterocycles. The van der Waals surface area contributed by atoms with Crippen LogP contribution in [0.3, 0.4) is 0 Å². The average Bonchev–Trinajstić information content (AvgIpc) is 3.32. The lowest BCUT2D eigenvalue weighted by Gasteiger charge is -2.27. The van der Waals surface area contributed by atoms with Crippen LogP contribution in [0.1, 0.15) is 29.3 Å². The van der Waals surface area contributed by atoms with Gasteiger partial charge in [0.15, 0.2) is 11.5 Å². The maximum absolute atomic E-state index is 5.50. The molecule has 0 spiro atoms. The zero-order chi connectivity index (χ0) is 16.4. The Kier molecular flexibility index (Phi) is 5.08. The lowest BCUT2D eigenvalue weighted by atomic mass is 10.1. The first-order valence-corrected chi connectivity index (χ1v) is 10.0. The number of thiophene rings is 1. The number of ether oxygens (including phenoxy) is 2. The second kappa shape index (κ2) is 7.44. The van der Waals surface area contributed by atoms with Crippen LogP contribution in [0.5, 0.6) is 11.5 Å². The van der Waals surface area contributed by atoms with Crippen LogP contribution in [-0.2, 0) is 6.54 Å². The molecule has 3 heterocycles. The number of halogens is 1. The number of hydrogen-bond acceptors (Lipinski definition) is 5. The van der Waals surface area contributed by atoms with Crippen molar-refractivity contribution in [3.05, 3.63) is 44.6 Å². The quantitative estimate of drug-likeness (QED) is 0.777. The normalized spacial score (nSPS) is 18.2. The van der Waals surface area contributed by atoms with Gasteiger partial charge in [0.05, 0.1) is 10.5 Å². The molecule has 0 aliphatic carbocycles. The summed E-state index contributed by atoms with van der Waals surface area (Å²) in [6.45, 7) is 4.51. The molecule has 0 bridgehead atoms. The molecule has 1 N–H and O–H groups in total. The molecule has 0 amide bonds. The van der Waals surface area contributed by atoms with E-state index in [4.69, 9.17) is 9.47 Å². The molecule has 128 valence electrons.